The van der Waals surface area contributed by atoms with E-state index in [1.807, 2.05) is 0 Å². The summed E-state index contributed by atoms with van der Waals surface area (Å²) in [5.74, 6) is -5.82. The van der Waals surface area contributed by atoms with Gasteiger partial charge in [0, 0.05) is 90.0 Å². The number of ketones is 2. The van der Waals surface area contributed by atoms with Gasteiger partial charge in [-0.3, -0.25) is 24.0 Å². The summed E-state index contributed by atoms with van der Waals surface area (Å²) in [6.07, 6.45) is 5.92. The van der Waals surface area contributed by atoms with Gasteiger partial charge >= 0.3 is 12.1 Å². The van der Waals surface area contributed by atoms with Crippen molar-refractivity contribution in [2.24, 2.45) is 5.73 Å². The van der Waals surface area contributed by atoms with E-state index in [-0.39, 0.29) is 88.3 Å². The number of hydrogen-bond acceptors (Lipinski definition) is 16. The van der Waals surface area contributed by atoms with E-state index in [1.54, 1.807) is 64.5 Å². The van der Waals surface area contributed by atoms with Crippen molar-refractivity contribution in [2.45, 2.75) is 57.5 Å². The maximum absolute atomic E-state index is 14.9. The van der Waals surface area contributed by atoms with Gasteiger partial charge in [0.1, 0.15) is 39.5 Å². The Morgan fingerprint density at radius 3 is 1.62 bits per heavy atom. The predicted molar refractivity (Wildman–Crippen MR) is 310 cm³/mol. The van der Waals surface area contributed by atoms with Crippen LogP contribution in [-0.4, -0.2) is 153 Å². The molecule has 0 bridgehead atoms. The van der Waals surface area contributed by atoms with Gasteiger partial charge in [-0.25, -0.2) is 28.3 Å². The van der Waals surface area contributed by atoms with Gasteiger partial charge < -0.3 is 71.0 Å². The number of fused-ring (bicyclic) bond motifs is 2. The number of carbonyl (C=O) groups is 7. The number of nitrogens with two attached hydrogens (primary N) is 1. The number of rotatable bonds is 15. The number of hydrogen-bond donors (Lipinski definition) is 9. The number of phenols is 1. The first kappa shape index (κ1) is 61.8. The number of phenolic OH excluding ortho intramolecular Hbond substituents is 1. The number of likely N-dealkylation sites (tertiary alicyclic amines) is 1. The third-order valence-corrected chi connectivity index (χ3v) is 13.7. The Morgan fingerprint density at radius 2 is 1.09 bits per heavy atom. The second kappa shape index (κ2) is 27.0. The molecule has 10 N–H and O–H groups in total. The van der Waals surface area contributed by atoms with Crippen LogP contribution in [0.1, 0.15) is 101 Å². The van der Waals surface area contributed by atoms with Crippen LogP contribution in [0.5, 0.6) is 23.0 Å². The fraction of sp³-hybridized carbons (Fsp3) is 0.262. The Morgan fingerprint density at radius 1 is 0.628 bits per heavy atom. The number of aromatic amines is 2. The van der Waals surface area contributed by atoms with Crippen molar-refractivity contribution in [3.05, 3.63) is 178 Å². The van der Waals surface area contributed by atoms with Gasteiger partial charge in [0.2, 0.25) is 0 Å². The van der Waals surface area contributed by atoms with Gasteiger partial charge in [-0.15, -0.1) is 0 Å². The average molecular weight is 1180 g/mol. The molecular weight excluding hydrogens is 1120 g/mol. The molecule has 2 aliphatic rings. The molecule has 6 heterocycles. The molecule has 0 spiro atoms. The van der Waals surface area contributed by atoms with Crippen LogP contribution in [0.3, 0.4) is 0 Å². The summed E-state index contributed by atoms with van der Waals surface area (Å²) in [6.45, 7) is 8.69. The molecule has 4 aromatic carbocycles. The van der Waals surface area contributed by atoms with Crippen LogP contribution in [-0.2, 0) is 4.74 Å². The molecule has 10 rings (SSSR count). The number of carboxylic acids is 1. The molecule has 2 aliphatic heterocycles. The van der Waals surface area contributed by atoms with E-state index in [4.69, 9.17) is 29.8 Å². The number of aromatic nitrogens is 4. The van der Waals surface area contributed by atoms with Gasteiger partial charge in [-0.2, -0.15) is 0 Å². The summed E-state index contributed by atoms with van der Waals surface area (Å²) in [5, 5.41) is 32.0. The lowest BCUT2D eigenvalue weighted by molar-refractivity contribution is 0.0287. The van der Waals surface area contributed by atoms with Crippen molar-refractivity contribution in [2.75, 3.05) is 47.0 Å². The van der Waals surface area contributed by atoms with Crippen LogP contribution in [0.15, 0.2) is 122 Å². The molecular formula is C61H62F2N10O13. The molecule has 448 valence electrons. The van der Waals surface area contributed by atoms with Crippen molar-refractivity contribution in [3.63, 3.8) is 0 Å². The van der Waals surface area contributed by atoms with Crippen molar-refractivity contribution in [3.8, 4) is 23.0 Å². The lowest BCUT2D eigenvalue weighted by Crippen LogP contribution is -2.51. The van der Waals surface area contributed by atoms with Crippen molar-refractivity contribution in [1.29, 1.82) is 0 Å². The van der Waals surface area contributed by atoms with E-state index in [9.17, 15) is 47.4 Å². The van der Waals surface area contributed by atoms with E-state index < -0.39 is 76.1 Å². The molecule has 2 fully saturated rings. The summed E-state index contributed by atoms with van der Waals surface area (Å²) in [4.78, 5) is 103. The average Bonchev–Trinajstić information content (AvgIpc) is 3.85. The predicted octanol–water partition coefficient (Wildman–Crippen LogP) is 6.55. The maximum Gasteiger partial charge on any atom is 0.410 e. The molecule has 23 nitrogen and oxygen atoms in total. The first-order chi connectivity index (χ1) is 41.1. The number of H-pyrrole nitrogens is 2. The highest BCUT2D eigenvalue weighted by molar-refractivity contribution is 6.12. The summed E-state index contributed by atoms with van der Waals surface area (Å²) < 4.78 is 50.2. The smallest absolute Gasteiger partial charge is 0.410 e. The minimum Gasteiger partial charge on any atom is -0.507 e. The molecule has 0 aliphatic carbocycles. The summed E-state index contributed by atoms with van der Waals surface area (Å²) in [6, 6.07) is 21.7. The Labute approximate surface area is 490 Å². The quantitative estimate of drug-likeness (QED) is 0.0491. The van der Waals surface area contributed by atoms with Crippen LogP contribution >= 0.6 is 0 Å². The Kier molecular flexibility index (Phi) is 19.4. The van der Waals surface area contributed by atoms with Crippen LogP contribution in [0.4, 0.5) is 13.6 Å². The number of benzene rings is 4. The van der Waals surface area contributed by atoms with Gasteiger partial charge in [0.05, 0.1) is 50.1 Å². The summed E-state index contributed by atoms with van der Waals surface area (Å²) >= 11 is 0. The Hall–Kier alpha value is -10.3. The molecule has 4 amide bonds. The second-order valence-corrected chi connectivity index (χ2v) is 20.6. The Balaban J connectivity index is 0.000000187. The molecule has 8 aromatic rings. The second-order valence-electron chi connectivity index (χ2n) is 20.6. The standard InChI is InChI=1S/C27H24FN5O5.C26H32FN3O6.C8H6N2O2/c1-38-21-7-6-20(34)22(23(21)28)24(35)14-2-4-15(5-3-14)26(36)32-18-12-29-13-19(18)33-27(37)17-9-11-31-25-16(17)8-10-30-25;1-6-35-19-11-12-20(34-5)22(27)21(19)23(31)15-7-9-16(10-8-15)24(32)29-18-14-30(13-17(18)28)25(33)36-26(2,3)4;11-8(12)6-2-4-10-7-5(6)1-3-9-7/h2-11,18-19,29,34H,12-13H2,1H3,(H,30,31)(H,32,36)(H,33,37);7-12,17-18H,6,13-14,28H2,1-5H3,(H,29,32);1-4H,(H,9,10)(H,11,12)/t18-,19-;17-,18-;/m11./s1. The minimum atomic E-state index is -0.967. The molecule has 25 heteroatoms. The highest BCUT2D eigenvalue weighted by Crippen LogP contribution is 2.33. The highest BCUT2D eigenvalue weighted by atomic mass is 19.1. The number of halogens is 2. The molecule has 2 saturated heterocycles. The molecule has 0 saturated carbocycles. The number of methoxy groups -OCH3 is 2. The number of pyridine rings is 2. The number of carbonyl (C=O) groups excluding carboxylic acids is 6. The fourth-order valence-electron chi connectivity index (χ4n) is 9.43. The van der Waals surface area contributed by atoms with Gasteiger partial charge in [0.15, 0.2) is 34.7 Å². The number of carboxylic acid groups (broad SMARTS) is 1. The fourth-order valence-corrected chi connectivity index (χ4v) is 9.43. The molecule has 4 aromatic heterocycles. The zero-order valence-corrected chi connectivity index (χ0v) is 47.5. The summed E-state index contributed by atoms with van der Waals surface area (Å²) in [5.41, 5.74) is 7.54. The normalized spacial score (nSPS) is 16.2. The topological polar surface area (TPSA) is 332 Å². The highest BCUT2D eigenvalue weighted by Gasteiger charge is 2.37. The first-order valence-corrected chi connectivity index (χ1v) is 26.9. The zero-order chi connectivity index (χ0) is 62.0. The third-order valence-electron chi connectivity index (χ3n) is 13.7. The van der Waals surface area contributed by atoms with Crippen molar-refractivity contribution >= 4 is 63.4 Å². The largest absolute Gasteiger partial charge is 0.507 e. The minimum absolute atomic E-state index is 0.0777. The van der Waals surface area contributed by atoms with E-state index in [0.717, 1.165) is 0 Å². The number of nitrogens with one attached hydrogen (secondary N) is 6. The van der Waals surface area contributed by atoms with E-state index in [2.05, 4.69) is 41.2 Å². The van der Waals surface area contributed by atoms with Gasteiger partial charge in [-0.1, -0.05) is 24.3 Å². The van der Waals surface area contributed by atoms with Gasteiger partial charge in [0.25, 0.3) is 17.7 Å². The lowest BCUT2D eigenvalue weighted by atomic mass is 10.00. The Bertz CT molecular complexity index is 3830. The monoisotopic (exact) mass is 1180 g/mol. The number of aromatic carboxylic acids is 1. The maximum atomic E-state index is 14.9. The third kappa shape index (κ3) is 14.2. The summed E-state index contributed by atoms with van der Waals surface area (Å²) in [7, 11) is 2.57. The van der Waals surface area contributed by atoms with Crippen molar-refractivity contribution in [1.82, 2.24) is 46.1 Å². The van der Waals surface area contributed by atoms with Crippen LogP contribution in [0, 0.1) is 11.6 Å². The van der Waals surface area contributed by atoms with E-state index >= 15 is 0 Å². The van der Waals surface area contributed by atoms with Crippen LogP contribution in [0.2, 0.25) is 0 Å². The van der Waals surface area contributed by atoms with E-state index in [0.29, 0.717) is 40.7 Å². The first-order valence-electron chi connectivity index (χ1n) is 26.9. The van der Waals surface area contributed by atoms with Gasteiger partial charge in [-0.05, 0) is 100 Å². The number of amides is 4. The molecule has 86 heavy (non-hydrogen) atoms. The lowest BCUT2D eigenvalue weighted by Gasteiger charge is -2.24. The SMILES string of the molecule is CCOc1ccc(OC)c(F)c1C(=O)c1ccc(C(=O)N[C@@H]2CN(C(=O)OC(C)(C)C)C[C@H]2N)cc1.COc1ccc(O)c(C(=O)c2ccc(C(=O)N[C@@H]3CNC[C@H]3NC(=O)c3ccnc4[nH]ccc34)cc2)c1F.O=C(O)c1ccnc2[nH]ccc12. The van der Waals surface area contributed by atoms with Crippen LogP contribution < -0.4 is 41.2 Å². The molecule has 4 atom stereocenters. The van der Waals surface area contributed by atoms with Crippen molar-refractivity contribution < 1.29 is 71.5 Å². The zero-order valence-electron chi connectivity index (χ0n) is 47.5. The number of ether oxygens (including phenoxy) is 4. The van der Waals surface area contributed by atoms with Crippen LogP contribution in [0.25, 0.3) is 22.1 Å². The number of aromatic hydroxyl groups is 1. The van der Waals surface area contributed by atoms with E-state index in [1.165, 1.54) is 104 Å². The molecule has 0 unspecified atom stereocenters. The number of nitrogens with zero attached hydrogens (tertiary/aromatic N) is 3. The molecule has 0 radical (unpaired) electrons.